The molecule has 19 heavy (non-hydrogen) atoms. The maximum Gasteiger partial charge on any atom is 0.234 e. The van der Waals surface area contributed by atoms with Crippen LogP contribution < -0.4 is 11.1 Å². The molecule has 2 rings (SSSR count). The third-order valence-electron chi connectivity index (χ3n) is 3.50. The number of benzene rings is 1. The predicted molar refractivity (Wildman–Crippen MR) is 73.1 cm³/mol. The van der Waals surface area contributed by atoms with Crippen molar-refractivity contribution >= 4 is 23.3 Å². The SMILES string of the molecule is CC(NC(=O)C1(/C(N)=N/O)CC1)c1ccccc1Cl. The van der Waals surface area contributed by atoms with Crippen molar-refractivity contribution < 1.29 is 10.0 Å². The molecule has 0 heterocycles. The van der Waals surface area contributed by atoms with E-state index in [-0.39, 0.29) is 17.8 Å². The zero-order chi connectivity index (χ0) is 14.0. The van der Waals surface area contributed by atoms with Gasteiger partial charge in [0, 0.05) is 5.02 Å². The summed E-state index contributed by atoms with van der Waals surface area (Å²) in [5, 5.41) is 15.1. The molecule has 0 saturated heterocycles. The molecule has 0 bridgehead atoms. The number of amides is 1. The van der Waals surface area contributed by atoms with Crippen molar-refractivity contribution in [3.8, 4) is 0 Å². The number of halogens is 1. The molecular weight excluding hydrogens is 266 g/mol. The minimum atomic E-state index is -0.843. The summed E-state index contributed by atoms with van der Waals surface area (Å²) in [5.41, 5.74) is 5.57. The summed E-state index contributed by atoms with van der Waals surface area (Å²) in [4.78, 5) is 12.2. The zero-order valence-electron chi connectivity index (χ0n) is 10.6. The van der Waals surface area contributed by atoms with Crippen LogP contribution in [0, 0.1) is 5.41 Å². The number of oxime groups is 1. The van der Waals surface area contributed by atoms with Crippen LogP contribution in [-0.2, 0) is 4.79 Å². The number of nitrogens with zero attached hydrogens (tertiary/aromatic N) is 1. The fourth-order valence-corrected chi connectivity index (χ4v) is 2.36. The van der Waals surface area contributed by atoms with Crippen molar-refractivity contribution in [2.75, 3.05) is 0 Å². The lowest BCUT2D eigenvalue weighted by atomic mass is 10.0. The fourth-order valence-electron chi connectivity index (χ4n) is 2.06. The van der Waals surface area contributed by atoms with E-state index in [0.29, 0.717) is 17.9 Å². The van der Waals surface area contributed by atoms with Gasteiger partial charge in [0.25, 0.3) is 0 Å². The molecule has 102 valence electrons. The van der Waals surface area contributed by atoms with Gasteiger partial charge in [-0.2, -0.15) is 0 Å². The van der Waals surface area contributed by atoms with E-state index in [1.165, 1.54) is 0 Å². The van der Waals surface area contributed by atoms with Crippen molar-refractivity contribution in [3.63, 3.8) is 0 Å². The fraction of sp³-hybridized carbons (Fsp3) is 0.385. The van der Waals surface area contributed by atoms with Gasteiger partial charge in [0.15, 0.2) is 5.84 Å². The summed E-state index contributed by atoms with van der Waals surface area (Å²) in [5.74, 6) is -0.258. The Labute approximate surface area is 116 Å². The smallest absolute Gasteiger partial charge is 0.234 e. The topological polar surface area (TPSA) is 87.7 Å². The highest BCUT2D eigenvalue weighted by Gasteiger charge is 2.54. The van der Waals surface area contributed by atoms with Crippen LogP contribution in [0.1, 0.15) is 31.4 Å². The molecule has 1 atom stereocenters. The number of amidine groups is 1. The third kappa shape index (κ3) is 2.51. The molecule has 0 aromatic heterocycles. The van der Waals surface area contributed by atoms with E-state index in [9.17, 15) is 4.79 Å². The second-order valence-corrected chi connectivity index (χ2v) is 5.19. The van der Waals surface area contributed by atoms with E-state index in [0.717, 1.165) is 5.56 Å². The normalized spacial score (nSPS) is 18.7. The largest absolute Gasteiger partial charge is 0.409 e. The summed E-state index contributed by atoms with van der Waals surface area (Å²) in [7, 11) is 0. The maximum atomic E-state index is 12.2. The van der Waals surface area contributed by atoms with Crippen molar-refractivity contribution in [1.29, 1.82) is 0 Å². The van der Waals surface area contributed by atoms with Crippen molar-refractivity contribution in [2.45, 2.75) is 25.8 Å². The van der Waals surface area contributed by atoms with Crippen molar-refractivity contribution in [3.05, 3.63) is 34.9 Å². The van der Waals surface area contributed by atoms with Crippen LogP contribution in [-0.4, -0.2) is 17.0 Å². The van der Waals surface area contributed by atoms with Gasteiger partial charge < -0.3 is 16.3 Å². The zero-order valence-corrected chi connectivity index (χ0v) is 11.3. The summed E-state index contributed by atoms with van der Waals surface area (Å²) in [6.45, 7) is 1.85. The van der Waals surface area contributed by atoms with Gasteiger partial charge in [-0.05, 0) is 31.4 Å². The van der Waals surface area contributed by atoms with E-state index in [1.54, 1.807) is 6.07 Å². The van der Waals surface area contributed by atoms with Gasteiger partial charge in [-0.15, -0.1) is 0 Å². The molecule has 1 unspecified atom stereocenters. The van der Waals surface area contributed by atoms with Crippen molar-refractivity contribution in [2.24, 2.45) is 16.3 Å². The minimum absolute atomic E-state index is 0.0311. The molecule has 0 aliphatic heterocycles. The molecule has 0 spiro atoms. The second-order valence-electron chi connectivity index (χ2n) is 4.78. The first kappa shape index (κ1) is 13.7. The minimum Gasteiger partial charge on any atom is -0.409 e. The summed E-state index contributed by atoms with van der Waals surface area (Å²) >= 11 is 6.08. The Kier molecular flexibility index (Phi) is 3.66. The number of hydrogen-bond donors (Lipinski definition) is 3. The quantitative estimate of drug-likeness (QED) is 0.342. The highest BCUT2D eigenvalue weighted by atomic mass is 35.5. The Hall–Kier alpha value is -1.75. The number of nitrogens with one attached hydrogen (secondary N) is 1. The lowest BCUT2D eigenvalue weighted by Crippen LogP contribution is -2.41. The van der Waals surface area contributed by atoms with Crippen LogP contribution in [0.2, 0.25) is 5.02 Å². The maximum absolute atomic E-state index is 12.2. The van der Waals surface area contributed by atoms with E-state index in [2.05, 4.69) is 10.5 Å². The Bertz CT molecular complexity index is 526. The Balaban J connectivity index is 2.10. The second kappa shape index (κ2) is 5.09. The standard InChI is InChI=1S/C13H16ClN3O2/c1-8(9-4-2-3-5-10(9)14)16-12(18)13(6-7-13)11(15)17-19/h2-5,8,19H,6-7H2,1H3,(H2,15,17)(H,16,18). The van der Waals surface area contributed by atoms with Gasteiger partial charge in [-0.25, -0.2) is 0 Å². The Morgan fingerprint density at radius 2 is 2.16 bits per heavy atom. The lowest BCUT2D eigenvalue weighted by Gasteiger charge is -2.19. The first-order valence-corrected chi connectivity index (χ1v) is 6.42. The van der Waals surface area contributed by atoms with Gasteiger partial charge in [0.2, 0.25) is 5.91 Å². The summed E-state index contributed by atoms with van der Waals surface area (Å²) in [6, 6.07) is 7.09. The molecule has 4 N–H and O–H groups in total. The van der Waals surface area contributed by atoms with Gasteiger partial charge >= 0.3 is 0 Å². The lowest BCUT2D eigenvalue weighted by molar-refractivity contribution is -0.124. The van der Waals surface area contributed by atoms with Gasteiger partial charge in [0.1, 0.15) is 5.41 Å². The van der Waals surface area contributed by atoms with Gasteiger partial charge in [-0.1, -0.05) is 35.0 Å². The van der Waals surface area contributed by atoms with Gasteiger partial charge in [0.05, 0.1) is 6.04 Å². The van der Waals surface area contributed by atoms with Gasteiger partial charge in [-0.3, -0.25) is 4.79 Å². The molecule has 1 aliphatic carbocycles. The molecule has 1 amide bonds. The molecule has 5 nitrogen and oxygen atoms in total. The van der Waals surface area contributed by atoms with E-state index < -0.39 is 5.41 Å². The molecule has 1 saturated carbocycles. The highest BCUT2D eigenvalue weighted by Crippen LogP contribution is 2.46. The number of nitrogens with two attached hydrogens (primary N) is 1. The summed E-state index contributed by atoms with van der Waals surface area (Å²) < 4.78 is 0. The van der Waals surface area contributed by atoms with E-state index >= 15 is 0 Å². The molecular formula is C13H16ClN3O2. The van der Waals surface area contributed by atoms with Crippen LogP contribution in [0.3, 0.4) is 0 Å². The summed E-state index contributed by atoms with van der Waals surface area (Å²) in [6.07, 6.45) is 1.20. The van der Waals surface area contributed by atoms with E-state index in [4.69, 9.17) is 22.5 Å². The molecule has 1 aliphatic rings. The number of carbonyl (C=O) groups is 1. The van der Waals surface area contributed by atoms with Crippen LogP contribution in [0.4, 0.5) is 0 Å². The average Bonchev–Trinajstić information content (AvgIpc) is 3.19. The first-order chi connectivity index (χ1) is 9.01. The van der Waals surface area contributed by atoms with Crippen molar-refractivity contribution in [1.82, 2.24) is 5.32 Å². The molecule has 0 radical (unpaired) electrons. The van der Waals surface area contributed by atoms with E-state index in [1.807, 2.05) is 25.1 Å². The number of carbonyl (C=O) groups excluding carboxylic acids is 1. The molecule has 1 aromatic rings. The van der Waals surface area contributed by atoms with Crippen LogP contribution in [0.15, 0.2) is 29.4 Å². The van der Waals surface area contributed by atoms with Crippen LogP contribution >= 0.6 is 11.6 Å². The Morgan fingerprint density at radius 1 is 1.53 bits per heavy atom. The first-order valence-electron chi connectivity index (χ1n) is 6.04. The number of rotatable bonds is 4. The average molecular weight is 282 g/mol. The predicted octanol–water partition coefficient (Wildman–Crippen LogP) is 2.04. The molecule has 1 aromatic carbocycles. The molecule has 1 fully saturated rings. The number of hydrogen-bond acceptors (Lipinski definition) is 3. The van der Waals surface area contributed by atoms with Crippen LogP contribution in [0.5, 0.6) is 0 Å². The molecule has 6 heteroatoms. The monoisotopic (exact) mass is 281 g/mol. The highest BCUT2D eigenvalue weighted by molar-refractivity contribution is 6.31. The Morgan fingerprint density at radius 3 is 2.68 bits per heavy atom. The van der Waals surface area contributed by atoms with Crippen LogP contribution in [0.25, 0.3) is 0 Å². The third-order valence-corrected chi connectivity index (χ3v) is 3.85.